The summed E-state index contributed by atoms with van der Waals surface area (Å²) in [5.41, 5.74) is 0.680. The number of thiophene rings is 1. The number of nitriles is 1. The first-order chi connectivity index (χ1) is 8.70. The number of phenolic OH excluding ortho intramolecular Hbond substituents is 1. The lowest BCUT2D eigenvalue weighted by Gasteiger charge is -1.97. The highest BCUT2D eigenvalue weighted by Gasteiger charge is 2.12. The normalized spacial score (nSPS) is 10.9. The van der Waals surface area contributed by atoms with Gasteiger partial charge >= 0.3 is 0 Å². The Morgan fingerprint density at radius 1 is 1.33 bits per heavy atom. The van der Waals surface area contributed by atoms with E-state index in [9.17, 15) is 9.90 Å². The molecule has 1 N–H and O–H groups in total. The second-order valence-electron chi connectivity index (χ2n) is 3.57. The van der Waals surface area contributed by atoms with Gasteiger partial charge in [0.15, 0.2) is 0 Å². The highest BCUT2D eigenvalue weighted by atomic mass is 32.1. The van der Waals surface area contributed by atoms with Gasteiger partial charge in [0.1, 0.15) is 17.4 Å². The molecule has 0 atom stereocenters. The molecular formula is C14H9NO2S. The van der Waals surface area contributed by atoms with E-state index in [1.165, 1.54) is 29.5 Å². The Balaban J connectivity index is 2.35. The van der Waals surface area contributed by atoms with E-state index in [4.69, 9.17) is 5.26 Å². The average Bonchev–Trinajstić information content (AvgIpc) is 2.89. The number of carbonyl (C=O) groups is 1. The van der Waals surface area contributed by atoms with Crippen LogP contribution in [0.25, 0.3) is 6.08 Å². The van der Waals surface area contributed by atoms with Gasteiger partial charge in [-0.05, 0) is 35.2 Å². The van der Waals surface area contributed by atoms with Crippen molar-refractivity contribution in [2.75, 3.05) is 0 Å². The molecule has 1 heterocycles. The molecule has 2 aromatic rings. The van der Waals surface area contributed by atoms with Crippen LogP contribution >= 0.6 is 11.3 Å². The van der Waals surface area contributed by atoms with E-state index < -0.39 is 0 Å². The maximum Gasteiger partial charge on any atom is 0.213 e. The fourth-order valence-corrected chi connectivity index (χ4v) is 2.15. The molecule has 1 aromatic heterocycles. The molecule has 2 rings (SSSR count). The number of nitrogens with zero attached hydrogens (tertiary/aromatic N) is 1. The maximum atomic E-state index is 12.0. The predicted molar refractivity (Wildman–Crippen MR) is 70.3 cm³/mol. The van der Waals surface area contributed by atoms with Gasteiger partial charge in [-0.3, -0.25) is 4.79 Å². The zero-order valence-corrected chi connectivity index (χ0v) is 10.1. The Hall–Kier alpha value is -2.38. The predicted octanol–water partition coefficient (Wildman–Crippen LogP) is 3.24. The van der Waals surface area contributed by atoms with Crippen molar-refractivity contribution in [1.29, 1.82) is 5.26 Å². The van der Waals surface area contributed by atoms with Crippen molar-refractivity contribution in [3.63, 3.8) is 0 Å². The molecule has 4 heteroatoms. The highest BCUT2D eigenvalue weighted by molar-refractivity contribution is 7.12. The maximum absolute atomic E-state index is 12.0. The van der Waals surface area contributed by atoms with Crippen molar-refractivity contribution >= 4 is 23.2 Å². The minimum absolute atomic E-state index is 0.0584. The van der Waals surface area contributed by atoms with Crippen LogP contribution in [0, 0.1) is 11.3 Å². The molecule has 0 amide bonds. The number of carbonyl (C=O) groups excluding carboxylic acids is 1. The quantitative estimate of drug-likeness (QED) is 0.520. The van der Waals surface area contributed by atoms with Crippen LogP contribution in [0.5, 0.6) is 5.75 Å². The van der Waals surface area contributed by atoms with Gasteiger partial charge in [0, 0.05) is 0 Å². The summed E-state index contributed by atoms with van der Waals surface area (Å²) < 4.78 is 0. The molecule has 0 radical (unpaired) electrons. The molecule has 0 saturated heterocycles. The molecule has 1 aromatic carbocycles. The van der Waals surface area contributed by atoms with Gasteiger partial charge in [0.05, 0.1) is 4.88 Å². The first-order valence-corrected chi connectivity index (χ1v) is 6.07. The second kappa shape index (κ2) is 5.30. The molecule has 0 saturated carbocycles. The molecular weight excluding hydrogens is 246 g/mol. The summed E-state index contributed by atoms with van der Waals surface area (Å²) in [6, 6.07) is 11.8. The summed E-state index contributed by atoms with van der Waals surface area (Å²) in [6.45, 7) is 0. The monoisotopic (exact) mass is 255 g/mol. The summed E-state index contributed by atoms with van der Waals surface area (Å²) in [7, 11) is 0. The third-order valence-electron chi connectivity index (χ3n) is 2.29. The first-order valence-electron chi connectivity index (χ1n) is 5.20. The second-order valence-corrected chi connectivity index (χ2v) is 4.52. The van der Waals surface area contributed by atoms with Crippen LogP contribution in [0.2, 0.25) is 0 Å². The van der Waals surface area contributed by atoms with E-state index in [0.717, 1.165) is 0 Å². The molecule has 0 fully saturated rings. The van der Waals surface area contributed by atoms with Crippen molar-refractivity contribution in [2.45, 2.75) is 0 Å². The third kappa shape index (κ3) is 2.65. The summed E-state index contributed by atoms with van der Waals surface area (Å²) in [6.07, 6.45) is 1.47. The largest absolute Gasteiger partial charge is 0.508 e. The standard InChI is InChI=1S/C14H9NO2S/c15-9-11(14(17)13-5-2-6-18-13)7-10-3-1-4-12(16)8-10/h1-8,16H/b11-7+. The molecule has 0 unspecified atom stereocenters. The number of Topliss-reactive ketones (excluding diaryl/α,β-unsaturated/α-hetero) is 1. The third-order valence-corrected chi connectivity index (χ3v) is 3.16. The summed E-state index contributed by atoms with van der Waals surface area (Å²) >= 11 is 1.30. The summed E-state index contributed by atoms with van der Waals surface area (Å²) in [5, 5.41) is 20.1. The van der Waals surface area contributed by atoms with Crippen LogP contribution in [0.1, 0.15) is 15.2 Å². The zero-order valence-electron chi connectivity index (χ0n) is 9.33. The van der Waals surface area contributed by atoms with E-state index in [1.807, 2.05) is 6.07 Å². The van der Waals surface area contributed by atoms with Crippen LogP contribution in [-0.4, -0.2) is 10.9 Å². The minimum Gasteiger partial charge on any atom is -0.508 e. The number of aromatic hydroxyl groups is 1. The number of ketones is 1. The highest BCUT2D eigenvalue weighted by Crippen LogP contribution is 2.18. The topological polar surface area (TPSA) is 61.1 Å². The lowest BCUT2D eigenvalue weighted by Crippen LogP contribution is -1.98. The number of hydrogen-bond acceptors (Lipinski definition) is 4. The van der Waals surface area contributed by atoms with Gasteiger partial charge in [0.25, 0.3) is 0 Å². The smallest absolute Gasteiger partial charge is 0.213 e. The SMILES string of the molecule is N#C/C(=C\c1cccc(O)c1)C(=O)c1cccs1. The van der Waals surface area contributed by atoms with Gasteiger partial charge in [0.2, 0.25) is 5.78 Å². The minimum atomic E-state index is -0.296. The molecule has 18 heavy (non-hydrogen) atoms. The molecule has 3 nitrogen and oxygen atoms in total. The number of rotatable bonds is 3. The van der Waals surface area contributed by atoms with E-state index in [0.29, 0.717) is 10.4 Å². The fraction of sp³-hybridized carbons (Fsp3) is 0. The van der Waals surface area contributed by atoms with Gasteiger partial charge in [-0.1, -0.05) is 18.2 Å². The molecule has 0 spiro atoms. The van der Waals surface area contributed by atoms with Gasteiger partial charge in [-0.2, -0.15) is 5.26 Å². The van der Waals surface area contributed by atoms with Crippen molar-refractivity contribution in [3.05, 3.63) is 57.8 Å². The van der Waals surface area contributed by atoms with Crippen molar-refractivity contribution < 1.29 is 9.90 Å². The van der Waals surface area contributed by atoms with E-state index in [1.54, 1.807) is 29.6 Å². The van der Waals surface area contributed by atoms with Crippen LogP contribution in [0.15, 0.2) is 47.4 Å². The van der Waals surface area contributed by atoms with Crippen molar-refractivity contribution in [1.82, 2.24) is 0 Å². The Morgan fingerprint density at radius 3 is 2.78 bits per heavy atom. The van der Waals surface area contributed by atoms with E-state index in [-0.39, 0.29) is 17.1 Å². The number of allylic oxidation sites excluding steroid dienone is 1. The molecule has 0 aliphatic carbocycles. The van der Waals surface area contributed by atoms with Gasteiger partial charge < -0.3 is 5.11 Å². The van der Waals surface area contributed by atoms with Crippen molar-refractivity contribution in [2.24, 2.45) is 0 Å². The van der Waals surface area contributed by atoms with Crippen LogP contribution in [0.4, 0.5) is 0 Å². The zero-order chi connectivity index (χ0) is 13.0. The number of phenols is 1. The van der Waals surface area contributed by atoms with Crippen LogP contribution < -0.4 is 0 Å². The molecule has 0 aliphatic heterocycles. The van der Waals surface area contributed by atoms with E-state index >= 15 is 0 Å². The Bertz CT molecular complexity index is 636. The summed E-state index contributed by atoms with van der Waals surface area (Å²) in [4.78, 5) is 12.5. The fourth-order valence-electron chi connectivity index (χ4n) is 1.47. The van der Waals surface area contributed by atoms with Crippen molar-refractivity contribution in [3.8, 4) is 11.8 Å². The van der Waals surface area contributed by atoms with Gasteiger partial charge in [-0.25, -0.2) is 0 Å². The molecule has 0 bridgehead atoms. The lowest BCUT2D eigenvalue weighted by molar-refractivity contribution is 0.104. The van der Waals surface area contributed by atoms with Crippen LogP contribution in [-0.2, 0) is 0 Å². The Labute approximate surface area is 108 Å². The average molecular weight is 255 g/mol. The Morgan fingerprint density at radius 2 is 2.17 bits per heavy atom. The first kappa shape index (κ1) is 12.1. The summed E-state index contributed by atoms with van der Waals surface area (Å²) in [5.74, 6) is -0.194. The van der Waals surface area contributed by atoms with E-state index in [2.05, 4.69) is 0 Å². The number of benzene rings is 1. The van der Waals surface area contributed by atoms with Crippen LogP contribution in [0.3, 0.4) is 0 Å². The van der Waals surface area contributed by atoms with Gasteiger partial charge in [-0.15, -0.1) is 11.3 Å². The molecule has 88 valence electrons. The Kier molecular flexibility index (Phi) is 3.56. The molecule has 0 aliphatic rings. The number of hydrogen-bond donors (Lipinski definition) is 1. The lowest BCUT2D eigenvalue weighted by atomic mass is 10.1.